The molecule has 1 N–H and O–H groups in total. The van der Waals surface area contributed by atoms with Crippen LogP contribution in [0, 0.1) is 11.3 Å². The van der Waals surface area contributed by atoms with Crippen LogP contribution in [-0.2, 0) is 16.2 Å². The molecule has 0 atom stereocenters. The van der Waals surface area contributed by atoms with Crippen LogP contribution in [0.25, 0.3) is 0 Å². The molecule has 1 aromatic heterocycles. The maximum Gasteiger partial charge on any atom is 0.341 e. The van der Waals surface area contributed by atoms with Gasteiger partial charge in [0.15, 0.2) is 6.61 Å². The number of aromatic nitrogens is 1. The van der Waals surface area contributed by atoms with Gasteiger partial charge in [-0.15, -0.1) is 0 Å². The van der Waals surface area contributed by atoms with E-state index in [2.05, 4.69) is 16.2 Å². The van der Waals surface area contributed by atoms with Gasteiger partial charge in [-0.25, -0.2) is 9.78 Å². The minimum absolute atomic E-state index is 0.236. The van der Waals surface area contributed by atoms with Gasteiger partial charge in [0.1, 0.15) is 6.61 Å². The van der Waals surface area contributed by atoms with Gasteiger partial charge in [-0.05, 0) is 30.2 Å². The van der Waals surface area contributed by atoms with E-state index in [-0.39, 0.29) is 5.88 Å². The second kappa shape index (κ2) is 9.03. The van der Waals surface area contributed by atoms with E-state index in [4.69, 9.17) is 19.9 Å². The van der Waals surface area contributed by atoms with Crippen molar-refractivity contribution >= 4 is 11.7 Å². The van der Waals surface area contributed by atoms with Crippen LogP contribution in [0.15, 0.2) is 47.8 Å². The smallest absolute Gasteiger partial charge is 0.341 e. The van der Waals surface area contributed by atoms with Crippen LogP contribution in [0.4, 0.5) is 0 Å². The zero-order valence-electron chi connectivity index (χ0n) is 13.7. The summed E-state index contributed by atoms with van der Waals surface area (Å²) in [5, 5.41) is 21.5. The van der Waals surface area contributed by atoms with Gasteiger partial charge in [-0.2, -0.15) is 5.26 Å². The van der Waals surface area contributed by atoms with Gasteiger partial charge in [0, 0.05) is 17.8 Å². The van der Waals surface area contributed by atoms with Crippen molar-refractivity contribution < 1.29 is 19.5 Å². The van der Waals surface area contributed by atoms with Crippen LogP contribution in [0.5, 0.6) is 5.88 Å². The summed E-state index contributed by atoms with van der Waals surface area (Å²) in [6.07, 6.45) is 2.20. The Labute approximate surface area is 145 Å². The number of nitriles is 1. The van der Waals surface area contributed by atoms with Crippen molar-refractivity contribution in [2.45, 2.75) is 20.0 Å². The molecule has 0 amide bonds. The molecule has 0 unspecified atom stereocenters. The number of carboxylic acid groups (broad SMARTS) is 1. The number of hydrogen-bond donors (Lipinski definition) is 1. The molecule has 1 heterocycles. The van der Waals surface area contributed by atoms with Gasteiger partial charge in [0.25, 0.3) is 0 Å². The van der Waals surface area contributed by atoms with E-state index >= 15 is 0 Å². The van der Waals surface area contributed by atoms with Crippen molar-refractivity contribution in [3.05, 3.63) is 59.3 Å². The van der Waals surface area contributed by atoms with E-state index in [9.17, 15) is 4.79 Å². The molecule has 0 aliphatic rings. The lowest BCUT2D eigenvalue weighted by molar-refractivity contribution is -0.139. The monoisotopic (exact) mass is 339 g/mol. The van der Waals surface area contributed by atoms with E-state index in [0.29, 0.717) is 24.3 Å². The molecule has 0 aliphatic heterocycles. The van der Waals surface area contributed by atoms with Gasteiger partial charge in [0.2, 0.25) is 5.88 Å². The van der Waals surface area contributed by atoms with Gasteiger partial charge in [-0.3, -0.25) is 0 Å². The van der Waals surface area contributed by atoms with Crippen molar-refractivity contribution in [1.82, 2.24) is 4.98 Å². The lowest BCUT2D eigenvalue weighted by Gasteiger charge is -2.06. The Kier molecular flexibility index (Phi) is 6.48. The Hall–Kier alpha value is -3.40. The Morgan fingerprint density at radius 3 is 2.60 bits per heavy atom. The number of rotatable bonds is 8. The first kappa shape index (κ1) is 17.9. The highest BCUT2D eigenvalue weighted by molar-refractivity contribution is 5.99. The second-order valence-corrected chi connectivity index (χ2v) is 5.04. The topological polar surface area (TPSA) is 105 Å². The second-order valence-electron chi connectivity index (χ2n) is 5.04. The number of oxime groups is 1. The fraction of sp³-hybridized carbons (Fsp3) is 0.222. The zero-order chi connectivity index (χ0) is 18.1. The molecule has 7 heteroatoms. The average molecular weight is 339 g/mol. The highest BCUT2D eigenvalue weighted by atomic mass is 16.6. The Morgan fingerprint density at radius 2 is 2.04 bits per heavy atom. The number of benzene rings is 1. The summed E-state index contributed by atoms with van der Waals surface area (Å²) in [5.74, 6) is -0.821. The van der Waals surface area contributed by atoms with Crippen molar-refractivity contribution in [3.63, 3.8) is 0 Å². The minimum Gasteiger partial charge on any atom is -0.479 e. The highest BCUT2D eigenvalue weighted by Gasteiger charge is 2.05. The summed E-state index contributed by atoms with van der Waals surface area (Å²) in [6.45, 7) is 1.80. The summed E-state index contributed by atoms with van der Waals surface area (Å²) < 4.78 is 4.99. The van der Waals surface area contributed by atoms with E-state index in [0.717, 1.165) is 11.1 Å². The van der Waals surface area contributed by atoms with Crippen molar-refractivity contribution in [2.24, 2.45) is 5.16 Å². The zero-order valence-corrected chi connectivity index (χ0v) is 13.7. The fourth-order valence-electron chi connectivity index (χ4n) is 1.95. The number of carbonyl (C=O) groups is 1. The molecule has 2 rings (SSSR count). The number of pyridine rings is 1. The molecule has 0 spiro atoms. The number of nitrogens with zero attached hydrogens (tertiary/aromatic N) is 3. The third-order valence-corrected chi connectivity index (χ3v) is 3.24. The first-order valence-corrected chi connectivity index (χ1v) is 7.61. The average Bonchev–Trinajstić information content (AvgIpc) is 2.64. The maximum atomic E-state index is 10.5. The molecule has 128 valence electrons. The summed E-state index contributed by atoms with van der Waals surface area (Å²) >= 11 is 0. The van der Waals surface area contributed by atoms with Gasteiger partial charge < -0.3 is 14.7 Å². The molecule has 0 bridgehead atoms. The molecule has 2 aromatic rings. The minimum atomic E-state index is -1.06. The summed E-state index contributed by atoms with van der Waals surface area (Å²) in [6, 6.07) is 12.5. The fourth-order valence-corrected chi connectivity index (χ4v) is 1.95. The van der Waals surface area contributed by atoms with E-state index in [1.165, 1.54) is 0 Å². The van der Waals surface area contributed by atoms with Crippen LogP contribution < -0.4 is 4.74 Å². The van der Waals surface area contributed by atoms with Crippen molar-refractivity contribution in [2.75, 3.05) is 6.61 Å². The molecule has 1 aromatic carbocycles. The number of carboxylic acids is 1. The van der Waals surface area contributed by atoms with Gasteiger partial charge in [-0.1, -0.05) is 24.2 Å². The number of ether oxygens (including phenoxy) is 1. The predicted molar refractivity (Wildman–Crippen MR) is 90.1 cm³/mol. The van der Waals surface area contributed by atoms with Crippen LogP contribution in [0.3, 0.4) is 0 Å². The molecule has 0 fully saturated rings. The van der Waals surface area contributed by atoms with Crippen molar-refractivity contribution in [1.29, 1.82) is 5.26 Å². The molecule has 0 aliphatic carbocycles. The Morgan fingerprint density at radius 1 is 1.28 bits per heavy atom. The normalized spacial score (nSPS) is 10.8. The quantitative estimate of drug-likeness (QED) is 0.585. The molecule has 25 heavy (non-hydrogen) atoms. The number of hydrogen-bond acceptors (Lipinski definition) is 6. The third kappa shape index (κ3) is 5.62. The molecular formula is C18H17N3O4. The first-order valence-electron chi connectivity index (χ1n) is 7.61. The van der Waals surface area contributed by atoms with Crippen LogP contribution >= 0.6 is 0 Å². The Balaban J connectivity index is 1.96. The van der Waals surface area contributed by atoms with Gasteiger partial charge >= 0.3 is 5.97 Å². The summed E-state index contributed by atoms with van der Waals surface area (Å²) in [7, 11) is 0. The van der Waals surface area contributed by atoms with E-state index in [1.54, 1.807) is 30.5 Å². The van der Waals surface area contributed by atoms with Crippen LogP contribution in [-0.4, -0.2) is 28.4 Å². The maximum absolute atomic E-state index is 10.5. The standard InChI is InChI=1S/C18H17N3O4/c1-2-16(15-7-8-17(20-10-15)24-12-18(22)23)21-25-11-14-5-3-13(9-19)4-6-14/h3-8,10H,2,11-12H2,1H3,(H,22,23)/b21-16+. The molecule has 0 saturated heterocycles. The van der Waals surface area contributed by atoms with Crippen molar-refractivity contribution in [3.8, 4) is 11.9 Å². The SMILES string of the molecule is CC/C(=N\OCc1ccc(C#N)cc1)c1ccc(OCC(=O)O)nc1. The highest BCUT2D eigenvalue weighted by Crippen LogP contribution is 2.11. The lowest BCUT2D eigenvalue weighted by Crippen LogP contribution is -2.10. The molecule has 0 radical (unpaired) electrons. The lowest BCUT2D eigenvalue weighted by atomic mass is 10.1. The van der Waals surface area contributed by atoms with Crippen LogP contribution in [0.1, 0.15) is 30.0 Å². The largest absolute Gasteiger partial charge is 0.479 e. The predicted octanol–water partition coefficient (Wildman–Crippen LogP) is 2.75. The third-order valence-electron chi connectivity index (χ3n) is 3.24. The van der Waals surface area contributed by atoms with Crippen LogP contribution in [0.2, 0.25) is 0 Å². The van der Waals surface area contributed by atoms with Gasteiger partial charge in [0.05, 0.1) is 17.3 Å². The number of aliphatic carboxylic acids is 1. The molecule has 7 nitrogen and oxygen atoms in total. The molecule has 0 saturated carbocycles. The Bertz CT molecular complexity index is 777. The first-order chi connectivity index (χ1) is 12.1. The summed E-state index contributed by atoms with van der Waals surface area (Å²) in [4.78, 5) is 19.9. The summed E-state index contributed by atoms with van der Waals surface area (Å²) in [5.41, 5.74) is 2.99. The van der Waals surface area contributed by atoms with E-state index in [1.807, 2.05) is 19.1 Å². The van der Waals surface area contributed by atoms with E-state index < -0.39 is 12.6 Å². The molecular weight excluding hydrogens is 322 g/mol.